The maximum Gasteiger partial charge on any atom is 0.161 e. The van der Waals surface area contributed by atoms with Crippen molar-refractivity contribution in [1.82, 2.24) is 5.32 Å². The molecule has 1 aliphatic carbocycles. The van der Waals surface area contributed by atoms with Gasteiger partial charge in [-0.1, -0.05) is 32.3 Å². The first kappa shape index (κ1) is 14.7. The first-order chi connectivity index (χ1) is 10.4. The zero-order chi connectivity index (χ0) is 14.5. The predicted molar refractivity (Wildman–Crippen MR) is 85.0 cm³/mol. The normalized spacial score (nSPS) is 19.7. The summed E-state index contributed by atoms with van der Waals surface area (Å²) in [6.07, 6.45) is 7.59. The lowest BCUT2D eigenvalue weighted by Crippen LogP contribution is -2.26. The molecule has 1 N–H and O–H groups in total. The van der Waals surface area contributed by atoms with Crippen LogP contribution in [0.1, 0.15) is 57.1 Å². The van der Waals surface area contributed by atoms with Crippen molar-refractivity contribution in [2.75, 3.05) is 19.8 Å². The average molecular weight is 289 g/mol. The Bertz CT molecular complexity index is 457. The molecule has 2 aliphatic rings. The van der Waals surface area contributed by atoms with Crippen molar-refractivity contribution < 1.29 is 9.47 Å². The summed E-state index contributed by atoms with van der Waals surface area (Å²) in [4.78, 5) is 0. The van der Waals surface area contributed by atoms with E-state index in [0.29, 0.717) is 6.04 Å². The molecular formula is C18H27NO2. The summed E-state index contributed by atoms with van der Waals surface area (Å²) >= 11 is 0. The van der Waals surface area contributed by atoms with E-state index in [9.17, 15) is 0 Å². The summed E-state index contributed by atoms with van der Waals surface area (Å²) in [7, 11) is 0. The second-order valence-electron chi connectivity index (χ2n) is 6.30. The monoisotopic (exact) mass is 289 g/mol. The van der Waals surface area contributed by atoms with Crippen molar-refractivity contribution in [1.29, 1.82) is 0 Å². The van der Waals surface area contributed by atoms with Crippen LogP contribution in [0.15, 0.2) is 18.2 Å². The summed E-state index contributed by atoms with van der Waals surface area (Å²) in [5.41, 5.74) is 1.35. The molecule has 21 heavy (non-hydrogen) atoms. The third-order valence-corrected chi connectivity index (χ3v) is 4.61. The smallest absolute Gasteiger partial charge is 0.161 e. The van der Waals surface area contributed by atoms with Crippen LogP contribution in [0.3, 0.4) is 0 Å². The van der Waals surface area contributed by atoms with E-state index in [-0.39, 0.29) is 0 Å². The first-order valence-electron chi connectivity index (χ1n) is 8.49. The summed E-state index contributed by atoms with van der Waals surface area (Å²) in [6.45, 7) is 4.81. The second kappa shape index (κ2) is 7.17. The molecule has 1 saturated carbocycles. The number of ether oxygens (including phenoxy) is 2. The lowest BCUT2D eigenvalue weighted by atomic mass is 9.79. The summed E-state index contributed by atoms with van der Waals surface area (Å²) in [6, 6.07) is 6.93. The number of nitrogens with one attached hydrogen (secondary N) is 1. The zero-order valence-corrected chi connectivity index (χ0v) is 13.1. The lowest BCUT2D eigenvalue weighted by Gasteiger charge is -2.30. The van der Waals surface area contributed by atoms with Crippen LogP contribution in [0.4, 0.5) is 0 Å². The van der Waals surface area contributed by atoms with Crippen molar-refractivity contribution in [3.63, 3.8) is 0 Å². The van der Waals surface area contributed by atoms with Gasteiger partial charge >= 0.3 is 0 Å². The van der Waals surface area contributed by atoms with Gasteiger partial charge in [0.2, 0.25) is 0 Å². The summed E-state index contributed by atoms with van der Waals surface area (Å²) in [5, 5.41) is 3.71. The molecule has 1 atom stereocenters. The van der Waals surface area contributed by atoms with Crippen LogP contribution in [0.25, 0.3) is 0 Å². The zero-order valence-electron chi connectivity index (χ0n) is 13.1. The van der Waals surface area contributed by atoms with Gasteiger partial charge in [-0.05, 0) is 43.0 Å². The standard InChI is InChI=1S/C18H27NO2/c1-2-9-19-16(12-14-5-3-6-14)15-7-8-17-18(13-15)21-11-4-10-20-17/h7-8,13-14,16,19H,2-6,9-12H2,1H3. The minimum absolute atomic E-state index is 0.451. The van der Waals surface area contributed by atoms with Crippen LogP contribution in [0.2, 0.25) is 0 Å². The number of benzene rings is 1. The van der Waals surface area contributed by atoms with Crippen molar-refractivity contribution in [2.45, 2.75) is 51.5 Å². The van der Waals surface area contributed by atoms with E-state index in [4.69, 9.17) is 9.47 Å². The molecule has 1 aromatic carbocycles. The third kappa shape index (κ3) is 3.70. The average Bonchev–Trinajstić information content (AvgIpc) is 2.70. The van der Waals surface area contributed by atoms with Crippen LogP contribution in [0, 0.1) is 5.92 Å². The van der Waals surface area contributed by atoms with Gasteiger partial charge in [0.1, 0.15) is 0 Å². The van der Waals surface area contributed by atoms with E-state index in [2.05, 4.69) is 30.4 Å². The molecule has 0 saturated heterocycles. The van der Waals surface area contributed by atoms with Crippen molar-refractivity contribution in [2.24, 2.45) is 5.92 Å². The van der Waals surface area contributed by atoms with Gasteiger partial charge in [0.15, 0.2) is 11.5 Å². The highest BCUT2D eigenvalue weighted by Gasteiger charge is 2.23. The molecule has 1 aromatic rings. The van der Waals surface area contributed by atoms with Crippen LogP contribution in [-0.4, -0.2) is 19.8 Å². The van der Waals surface area contributed by atoms with Gasteiger partial charge in [-0.25, -0.2) is 0 Å². The minimum atomic E-state index is 0.451. The van der Waals surface area contributed by atoms with Gasteiger partial charge in [-0.2, -0.15) is 0 Å². The molecule has 0 radical (unpaired) electrons. The van der Waals surface area contributed by atoms with E-state index < -0.39 is 0 Å². The van der Waals surface area contributed by atoms with Crippen molar-refractivity contribution in [3.8, 4) is 11.5 Å². The lowest BCUT2D eigenvalue weighted by molar-refractivity contribution is 0.260. The molecule has 3 rings (SSSR count). The number of hydrogen-bond donors (Lipinski definition) is 1. The van der Waals surface area contributed by atoms with Gasteiger partial charge in [-0.15, -0.1) is 0 Å². The fourth-order valence-electron chi connectivity index (χ4n) is 3.11. The third-order valence-electron chi connectivity index (χ3n) is 4.61. The number of fused-ring (bicyclic) bond motifs is 1. The van der Waals surface area contributed by atoms with Crippen molar-refractivity contribution >= 4 is 0 Å². The second-order valence-corrected chi connectivity index (χ2v) is 6.30. The van der Waals surface area contributed by atoms with Gasteiger partial charge in [0, 0.05) is 12.5 Å². The van der Waals surface area contributed by atoms with E-state index in [1.807, 2.05) is 0 Å². The molecule has 0 bridgehead atoms. The summed E-state index contributed by atoms with van der Waals surface area (Å²) < 4.78 is 11.6. The molecule has 1 unspecified atom stereocenters. The highest BCUT2D eigenvalue weighted by atomic mass is 16.5. The van der Waals surface area contributed by atoms with E-state index in [1.54, 1.807) is 0 Å². The Kier molecular flexibility index (Phi) is 5.02. The van der Waals surface area contributed by atoms with Crippen LogP contribution < -0.4 is 14.8 Å². The van der Waals surface area contributed by atoms with E-state index in [0.717, 1.165) is 43.6 Å². The van der Waals surface area contributed by atoms with Gasteiger partial charge in [0.25, 0.3) is 0 Å². The Morgan fingerprint density at radius 3 is 2.67 bits per heavy atom. The molecule has 0 spiro atoms. The Hall–Kier alpha value is -1.22. The first-order valence-corrected chi connectivity index (χ1v) is 8.49. The molecule has 3 heteroatoms. The number of hydrogen-bond acceptors (Lipinski definition) is 3. The molecule has 0 aromatic heterocycles. The van der Waals surface area contributed by atoms with Crippen LogP contribution in [-0.2, 0) is 0 Å². The maximum absolute atomic E-state index is 5.84. The molecule has 1 fully saturated rings. The Morgan fingerprint density at radius 2 is 1.95 bits per heavy atom. The molecule has 1 aliphatic heterocycles. The highest BCUT2D eigenvalue weighted by molar-refractivity contribution is 5.44. The highest BCUT2D eigenvalue weighted by Crippen LogP contribution is 2.37. The Balaban J connectivity index is 1.75. The van der Waals surface area contributed by atoms with Gasteiger partial charge < -0.3 is 14.8 Å². The maximum atomic E-state index is 5.84. The van der Waals surface area contributed by atoms with Gasteiger partial charge in [0.05, 0.1) is 13.2 Å². The molecule has 0 amide bonds. The number of rotatable bonds is 6. The molecular weight excluding hydrogens is 262 g/mol. The van der Waals surface area contributed by atoms with E-state index >= 15 is 0 Å². The largest absolute Gasteiger partial charge is 0.490 e. The molecule has 1 heterocycles. The Morgan fingerprint density at radius 1 is 1.14 bits per heavy atom. The van der Waals surface area contributed by atoms with Gasteiger partial charge in [-0.3, -0.25) is 0 Å². The predicted octanol–water partition coefficient (Wildman–Crippen LogP) is 4.08. The molecule has 3 nitrogen and oxygen atoms in total. The minimum Gasteiger partial charge on any atom is -0.490 e. The SMILES string of the molecule is CCCNC(CC1CCC1)c1ccc2c(c1)OCCCO2. The molecule has 116 valence electrons. The summed E-state index contributed by atoms with van der Waals surface area (Å²) in [5.74, 6) is 2.71. The van der Waals surface area contributed by atoms with Crippen molar-refractivity contribution in [3.05, 3.63) is 23.8 Å². The fourth-order valence-corrected chi connectivity index (χ4v) is 3.11. The van der Waals surface area contributed by atoms with Crippen LogP contribution >= 0.6 is 0 Å². The fraction of sp³-hybridized carbons (Fsp3) is 0.667. The van der Waals surface area contributed by atoms with Crippen LogP contribution in [0.5, 0.6) is 11.5 Å². The Labute approximate surface area is 128 Å². The topological polar surface area (TPSA) is 30.5 Å². The van der Waals surface area contributed by atoms with E-state index in [1.165, 1.54) is 37.7 Å². The quantitative estimate of drug-likeness (QED) is 0.856.